The fourth-order valence-corrected chi connectivity index (χ4v) is 3.25. The lowest BCUT2D eigenvalue weighted by Crippen LogP contribution is -2.35. The molecule has 0 bridgehead atoms. The molecule has 0 saturated heterocycles. The first-order valence-corrected chi connectivity index (χ1v) is 9.06. The lowest BCUT2D eigenvalue weighted by molar-refractivity contribution is -0.122. The van der Waals surface area contributed by atoms with Gasteiger partial charge in [0, 0.05) is 23.4 Å². The second-order valence-electron chi connectivity index (χ2n) is 6.71. The molecule has 2 aromatic rings. The molecule has 0 atom stereocenters. The minimum Gasteiger partial charge on any atom is -0.483 e. The van der Waals surface area contributed by atoms with Crippen LogP contribution in [0, 0.1) is 5.82 Å². The van der Waals surface area contributed by atoms with Crippen LogP contribution in [0.4, 0.5) is 4.39 Å². The molecule has 1 fully saturated rings. The number of ether oxygens (including phenoxy) is 1. The summed E-state index contributed by atoms with van der Waals surface area (Å²) in [6.07, 6.45) is 5.56. The zero-order valence-electron chi connectivity index (χ0n) is 15.0. The largest absolute Gasteiger partial charge is 0.483 e. The molecule has 7 heteroatoms. The quantitative estimate of drug-likeness (QED) is 0.778. The molecule has 0 unspecified atom stereocenters. The third kappa shape index (κ3) is 4.95. The summed E-state index contributed by atoms with van der Waals surface area (Å²) in [5.74, 6) is -0.592. The monoisotopic (exact) mass is 374 g/mol. The van der Waals surface area contributed by atoms with Crippen LogP contribution in [0.1, 0.15) is 36.9 Å². The van der Waals surface area contributed by atoms with Gasteiger partial charge in [-0.05, 0) is 18.9 Å². The SMILES string of the molecule is O=C(Cn1cc(OCc2ccccc2F)c(=O)cc1CO)NC1CCCC1. The Balaban J connectivity index is 1.73. The van der Waals surface area contributed by atoms with Crippen LogP contribution in [0.2, 0.25) is 0 Å². The normalized spacial score (nSPS) is 14.3. The van der Waals surface area contributed by atoms with E-state index in [-0.39, 0.29) is 37.5 Å². The number of aliphatic hydroxyl groups is 1. The van der Waals surface area contributed by atoms with Crippen LogP contribution in [0.5, 0.6) is 5.75 Å². The molecule has 1 aromatic carbocycles. The number of amides is 1. The maximum absolute atomic E-state index is 13.7. The summed E-state index contributed by atoms with van der Waals surface area (Å²) in [7, 11) is 0. The Labute approximate surface area is 156 Å². The van der Waals surface area contributed by atoms with E-state index in [1.54, 1.807) is 18.2 Å². The molecule has 1 aliphatic carbocycles. The molecular weight excluding hydrogens is 351 g/mol. The van der Waals surface area contributed by atoms with Gasteiger partial charge in [-0.2, -0.15) is 0 Å². The van der Waals surface area contributed by atoms with Gasteiger partial charge in [0.25, 0.3) is 0 Å². The highest BCUT2D eigenvalue weighted by molar-refractivity contribution is 5.76. The van der Waals surface area contributed by atoms with E-state index in [2.05, 4.69) is 5.32 Å². The molecule has 1 heterocycles. The van der Waals surface area contributed by atoms with E-state index in [0.29, 0.717) is 11.3 Å². The summed E-state index contributed by atoms with van der Waals surface area (Å²) >= 11 is 0. The number of halogens is 1. The highest BCUT2D eigenvalue weighted by Crippen LogP contribution is 2.18. The van der Waals surface area contributed by atoms with Gasteiger partial charge in [0.15, 0.2) is 5.75 Å². The molecule has 1 amide bonds. The average molecular weight is 374 g/mol. The molecule has 2 N–H and O–H groups in total. The second-order valence-corrected chi connectivity index (χ2v) is 6.71. The molecule has 0 aliphatic heterocycles. The molecule has 1 aromatic heterocycles. The predicted molar refractivity (Wildman–Crippen MR) is 97.8 cm³/mol. The first-order chi connectivity index (χ1) is 13.1. The summed E-state index contributed by atoms with van der Waals surface area (Å²) in [6.45, 7) is -0.503. The van der Waals surface area contributed by atoms with Crippen molar-refractivity contribution in [3.8, 4) is 5.75 Å². The minimum absolute atomic E-state index is 0.00381. The molecule has 27 heavy (non-hydrogen) atoms. The maximum Gasteiger partial charge on any atom is 0.240 e. The van der Waals surface area contributed by atoms with Gasteiger partial charge in [-0.1, -0.05) is 31.0 Å². The van der Waals surface area contributed by atoms with Gasteiger partial charge < -0.3 is 19.7 Å². The summed E-state index contributed by atoms with van der Waals surface area (Å²) in [4.78, 5) is 24.5. The van der Waals surface area contributed by atoms with E-state index >= 15 is 0 Å². The standard InChI is InChI=1S/C20H23FN2O4/c21-17-8-4-1-5-14(17)13-27-19-10-23(16(12-24)9-18(19)25)11-20(26)22-15-6-2-3-7-15/h1,4-5,8-10,15,24H,2-3,6-7,11-13H2,(H,22,26). The Bertz CT molecular complexity index is 859. The van der Waals surface area contributed by atoms with Gasteiger partial charge in [0.2, 0.25) is 11.3 Å². The van der Waals surface area contributed by atoms with Crippen LogP contribution in [0.25, 0.3) is 0 Å². The lowest BCUT2D eigenvalue weighted by atomic mass is 10.2. The number of aromatic nitrogens is 1. The molecule has 0 spiro atoms. The Morgan fingerprint density at radius 2 is 2.04 bits per heavy atom. The number of nitrogens with zero attached hydrogens (tertiary/aromatic N) is 1. The maximum atomic E-state index is 13.7. The van der Waals surface area contributed by atoms with Crippen molar-refractivity contribution in [2.24, 2.45) is 0 Å². The van der Waals surface area contributed by atoms with Crippen molar-refractivity contribution in [2.75, 3.05) is 0 Å². The zero-order chi connectivity index (χ0) is 19.2. The van der Waals surface area contributed by atoms with Crippen molar-refractivity contribution >= 4 is 5.91 Å². The number of hydrogen-bond donors (Lipinski definition) is 2. The molecular formula is C20H23FN2O4. The molecule has 1 aliphatic rings. The molecule has 3 rings (SSSR count). The van der Waals surface area contributed by atoms with Gasteiger partial charge in [0.05, 0.1) is 12.8 Å². The number of rotatable bonds is 7. The van der Waals surface area contributed by atoms with Crippen molar-refractivity contribution in [1.82, 2.24) is 9.88 Å². The summed E-state index contributed by atoms with van der Waals surface area (Å²) in [6, 6.07) is 7.57. The molecule has 0 radical (unpaired) electrons. The van der Waals surface area contributed by atoms with Gasteiger partial charge >= 0.3 is 0 Å². The fourth-order valence-electron chi connectivity index (χ4n) is 3.25. The number of benzene rings is 1. The smallest absolute Gasteiger partial charge is 0.240 e. The Kier molecular flexibility index (Phi) is 6.24. The van der Waals surface area contributed by atoms with Gasteiger partial charge in [-0.3, -0.25) is 9.59 Å². The van der Waals surface area contributed by atoms with Crippen LogP contribution >= 0.6 is 0 Å². The highest BCUT2D eigenvalue weighted by atomic mass is 19.1. The third-order valence-corrected chi connectivity index (χ3v) is 4.72. The number of carbonyl (C=O) groups excluding carboxylic acids is 1. The van der Waals surface area contributed by atoms with Gasteiger partial charge in [0.1, 0.15) is 19.0 Å². The highest BCUT2D eigenvalue weighted by Gasteiger charge is 2.18. The Morgan fingerprint density at radius 3 is 2.74 bits per heavy atom. The summed E-state index contributed by atoms with van der Waals surface area (Å²) < 4.78 is 20.7. The lowest BCUT2D eigenvalue weighted by Gasteiger charge is -2.16. The predicted octanol–water partition coefficient (Wildman–Crippen LogP) is 2.12. The van der Waals surface area contributed by atoms with E-state index in [4.69, 9.17) is 4.74 Å². The number of hydrogen-bond acceptors (Lipinski definition) is 4. The third-order valence-electron chi connectivity index (χ3n) is 4.72. The summed E-state index contributed by atoms with van der Waals surface area (Å²) in [5.41, 5.74) is 0.219. The van der Waals surface area contributed by atoms with Crippen molar-refractivity contribution in [1.29, 1.82) is 0 Å². The molecule has 6 nitrogen and oxygen atoms in total. The summed E-state index contributed by atoms with van der Waals surface area (Å²) in [5, 5.41) is 12.5. The molecule has 144 valence electrons. The van der Waals surface area contributed by atoms with E-state index in [0.717, 1.165) is 25.7 Å². The van der Waals surface area contributed by atoms with Crippen molar-refractivity contribution < 1.29 is 19.0 Å². The Hall–Kier alpha value is -2.67. The average Bonchev–Trinajstić information content (AvgIpc) is 3.15. The van der Waals surface area contributed by atoms with E-state index in [9.17, 15) is 19.1 Å². The van der Waals surface area contributed by atoms with Crippen LogP contribution in [0.3, 0.4) is 0 Å². The van der Waals surface area contributed by atoms with Crippen LogP contribution in [-0.2, 0) is 24.6 Å². The minimum atomic E-state index is -0.428. The number of carbonyl (C=O) groups is 1. The fraction of sp³-hybridized carbons (Fsp3) is 0.400. The van der Waals surface area contributed by atoms with Crippen molar-refractivity contribution in [2.45, 2.75) is 51.5 Å². The van der Waals surface area contributed by atoms with Crippen molar-refractivity contribution in [3.05, 3.63) is 63.8 Å². The number of nitrogens with one attached hydrogen (secondary N) is 1. The first-order valence-electron chi connectivity index (χ1n) is 9.06. The number of aliphatic hydroxyl groups excluding tert-OH is 1. The topological polar surface area (TPSA) is 80.6 Å². The zero-order valence-corrected chi connectivity index (χ0v) is 15.0. The molecule has 1 saturated carbocycles. The van der Waals surface area contributed by atoms with E-state index < -0.39 is 11.2 Å². The van der Waals surface area contributed by atoms with E-state index in [1.165, 1.54) is 22.9 Å². The van der Waals surface area contributed by atoms with Crippen molar-refractivity contribution in [3.63, 3.8) is 0 Å². The van der Waals surface area contributed by atoms with Crippen LogP contribution in [-0.4, -0.2) is 21.6 Å². The van der Waals surface area contributed by atoms with Crippen LogP contribution < -0.4 is 15.5 Å². The Morgan fingerprint density at radius 1 is 1.30 bits per heavy atom. The second kappa shape index (κ2) is 8.81. The number of pyridine rings is 1. The van der Waals surface area contributed by atoms with Crippen LogP contribution in [0.15, 0.2) is 41.3 Å². The van der Waals surface area contributed by atoms with E-state index in [1.807, 2.05) is 0 Å². The first kappa shape index (κ1) is 19.1. The van der Waals surface area contributed by atoms with Gasteiger partial charge in [-0.25, -0.2) is 4.39 Å². The van der Waals surface area contributed by atoms with Gasteiger partial charge in [-0.15, -0.1) is 0 Å².